The summed E-state index contributed by atoms with van der Waals surface area (Å²) in [5.74, 6) is 0. The zero-order valence-electron chi connectivity index (χ0n) is 7.89. The SMILES string of the molecule is O=[N+]([O-])c1ccn(-n2ccc([N+](=O)[O-])c2)c1. The van der Waals surface area contributed by atoms with Gasteiger partial charge in [-0.1, -0.05) is 0 Å². The van der Waals surface area contributed by atoms with E-state index in [1.54, 1.807) is 0 Å². The molecule has 8 heteroatoms. The van der Waals surface area contributed by atoms with E-state index in [-0.39, 0.29) is 11.4 Å². The molecule has 0 radical (unpaired) electrons. The lowest BCUT2D eigenvalue weighted by molar-refractivity contribution is -0.385. The van der Waals surface area contributed by atoms with E-state index in [0.717, 1.165) is 0 Å². The van der Waals surface area contributed by atoms with E-state index in [9.17, 15) is 20.2 Å². The predicted octanol–water partition coefficient (Wildman–Crippen LogP) is 1.42. The van der Waals surface area contributed by atoms with Crippen LogP contribution in [-0.4, -0.2) is 19.2 Å². The van der Waals surface area contributed by atoms with Gasteiger partial charge in [0, 0.05) is 24.5 Å². The topological polar surface area (TPSA) is 96.1 Å². The lowest BCUT2D eigenvalue weighted by atomic mass is 10.6. The Labute approximate surface area is 88.6 Å². The van der Waals surface area contributed by atoms with Gasteiger partial charge in [-0.15, -0.1) is 0 Å². The molecule has 82 valence electrons. The predicted molar refractivity (Wildman–Crippen MR) is 53.0 cm³/mol. The van der Waals surface area contributed by atoms with Crippen LogP contribution in [0.3, 0.4) is 0 Å². The molecule has 0 unspecified atom stereocenters. The molecule has 2 aromatic rings. The van der Waals surface area contributed by atoms with Crippen LogP contribution in [-0.2, 0) is 0 Å². The molecule has 0 aliphatic rings. The first-order valence-electron chi connectivity index (χ1n) is 4.23. The molecule has 0 aliphatic heterocycles. The normalized spacial score (nSPS) is 10.2. The van der Waals surface area contributed by atoms with Crippen molar-refractivity contribution in [1.29, 1.82) is 0 Å². The number of aromatic nitrogens is 2. The van der Waals surface area contributed by atoms with Crippen molar-refractivity contribution in [2.45, 2.75) is 0 Å². The van der Waals surface area contributed by atoms with E-state index < -0.39 is 9.85 Å². The van der Waals surface area contributed by atoms with Gasteiger partial charge in [-0.3, -0.25) is 29.6 Å². The number of hydrogen-bond acceptors (Lipinski definition) is 4. The van der Waals surface area contributed by atoms with Crippen LogP contribution in [0.15, 0.2) is 36.9 Å². The van der Waals surface area contributed by atoms with Gasteiger partial charge in [0.15, 0.2) is 0 Å². The molecule has 2 heterocycles. The maximum absolute atomic E-state index is 10.4. The van der Waals surface area contributed by atoms with Crippen molar-refractivity contribution in [2.24, 2.45) is 0 Å². The Bertz CT molecular complexity index is 506. The Morgan fingerprint density at radius 2 is 1.25 bits per heavy atom. The maximum atomic E-state index is 10.4. The number of nitro groups is 2. The molecule has 2 aromatic heterocycles. The molecule has 0 aromatic carbocycles. The third-order valence-electron chi connectivity index (χ3n) is 2.01. The summed E-state index contributed by atoms with van der Waals surface area (Å²) >= 11 is 0. The highest BCUT2D eigenvalue weighted by Gasteiger charge is 2.11. The van der Waals surface area contributed by atoms with Crippen molar-refractivity contribution < 1.29 is 9.85 Å². The van der Waals surface area contributed by atoms with Crippen LogP contribution in [0.4, 0.5) is 11.4 Å². The first-order valence-corrected chi connectivity index (χ1v) is 4.23. The molecule has 0 saturated heterocycles. The van der Waals surface area contributed by atoms with E-state index in [1.807, 2.05) is 0 Å². The van der Waals surface area contributed by atoms with E-state index in [2.05, 4.69) is 0 Å². The Balaban J connectivity index is 2.35. The van der Waals surface area contributed by atoms with E-state index in [0.29, 0.717) is 0 Å². The summed E-state index contributed by atoms with van der Waals surface area (Å²) in [7, 11) is 0. The maximum Gasteiger partial charge on any atom is 0.289 e. The fraction of sp³-hybridized carbons (Fsp3) is 0. The van der Waals surface area contributed by atoms with Gasteiger partial charge in [-0.05, 0) is 0 Å². The van der Waals surface area contributed by atoms with Gasteiger partial charge in [-0.2, -0.15) is 0 Å². The van der Waals surface area contributed by atoms with Crippen LogP contribution in [0.25, 0.3) is 0 Å². The third kappa shape index (κ3) is 1.63. The standard InChI is InChI=1S/C8H6N4O4/c13-11(14)7-1-3-9(5-7)10-4-2-8(6-10)12(15)16/h1-6H. The highest BCUT2D eigenvalue weighted by molar-refractivity contribution is 5.29. The Morgan fingerprint density at radius 1 is 0.875 bits per heavy atom. The van der Waals surface area contributed by atoms with Crippen molar-refractivity contribution in [3.63, 3.8) is 0 Å². The average molecular weight is 222 g/mol. The average Bonchev–Trinajstić information content (AvgIpc) is 2.86. The van der Waals surface area contributed by atoms with Crippen LogP contribution in [0, 0.1) is 20.2 Å². The molecule has 8 nitrogen and oxygen atoms in total. The first-order chi connectivity index (χ1) is 7.58. The van der Waals surface area contributed by atoms with E-state index in [1.165, 1.54) is 46.3 Å². The Hall–Kier alpha value is -2.64. The van der Waals surface area contributed by atoms with Gasteiger partial charge in [-0.25, -0.2) is 0 Å². The van der Waals surface area contributed by atoms with Crippen molar-refractivity contribution in [1.82, 2.24) is 9.35 Å². The summed E-state index contributed by atoms with van der Waals surface area (Å²) in [5.41, 5.74) is -0.146. The third-order valence-corrected chi connectivity index (χ3v) is 2.01. The minimum atomic E-state index is -0.533. The molecule has 0 spiro atoms. The second-order valence-corrected chi connectivity index (χ2v) is 3.01. The molecule has 0 N–H and O–H groups in total. The quantitative estimate of drug-likeness (QED) is 0.579. The van der Waals surface area contributed by atoms with Gasteiger partial charge >= 0.3 is 0 Å². The molecular weight excluding hydrogens is 216 g/mol. The summed E-state index contributed by atoms with van der Waals surface area (Å²) in [5, 5.41) is 20.9. The van der Waals surface area contributed by atoms with Crippen LogP contribution in [0.2, 0.25) is 0 Å². The molecular formula is C8H6N4O4. The van der Waals surface area contributed by atoms with Crippen LogP contribution < -0.4 is 0 Å². The second kappa shape index (κ2) is 3.50. The minimum absolute atomic E-state index is 0.0728. The summed E-state index contributed by atoms with van der Waals surface area (Å²) in [6.07, 6.45) is 5.43. The Morgan fingerprint density at radius 3 is 1.50 bits per heavy atom. The summed E-state index contributed by atoms with van der Waals surface area (Å²) < 4.78 is 2.76. The van der Waals surface area contributed by atoms with Gasteiger partial charge in [0.1, 0.15) is 12.4 Å². The van der Waals surface area contributed by atoms with Gasteiger partial charge in [0.05, 0.1) is 9.85 Å². The fourth-order valence-electron chi connectivity index (χ4n) is 1.25. The van der Waals surface area contributed by atoms with Crippen molar-refractivity contribution in [3.05, 3.63) is 57.1 Å². The zero-order valence-corrected chi connectivity index (χ0v) is 7.89. The van der Waals surface area contributed by atoms with Gasteiger partial charge in [0.2, 0.25) is 0 Å². The van der Waals surface area contributed by atoms with E-state index in [4.69, 9.17) is 0 Å². The largest absolute Gasteiger partial charge is 0.289 e. The first kappa shape index (κ1) is 9.90. The highest BCUT2D eigenvalue weighted by Crippen LogP contribution is 2.14. The second-order valence-electron chi connectivity index (χ2n) is 3.01. The summed E-state index contributed by atoms with van der Waals surface area (Å²) in [6, 6.07) is 2.62. The van der Waals surface area contributed by atoms with Crippen molar-refractivity contribution in [3.8, 4) is 0 Å². The lowest BCUT2D eigenvalue weighted by Crippen LogP contribution is -2.02. The molecule has 0 saturated carbocycles. The number of hydrogen-bond donors (Lipinski definition) is 0. The zero-order chi connectivity index (χ0) is 11.7. The minimum Gasteiger partial charge on any atom is -0.258 e. The van der Waals surface area contributed by atoms with Crippen molar-refractivity contribution >= 4 is 11.4 Å². The summed E-state index contributed by atoms with van der Waals surface area (Å²) in [6.45, 7) is 0. The van der Waals surface area contributed by atoms with Crippen molar-refractivity contribution in [2.75, 3.05) is 0 Å². The molecule has 16 heavy (non-hydrogen) atoms. The fourth-order valence-corrected chi connectivity index (χ4v) is 1.25. The molecule has 0 fully saturated rings. The summed E-state index contributed by atoms with van der Waals surface area (Å²) in [4.78, 5) is 19.8. The van der Waals surface area contributed by atoms with Gasteiger partial charge < -0.3 is 0 Å². The number of rotatable bonds is 3. The Kier molecular flexibility index (Phi) is 2.16. The lowest BCUT2D eigenvalue weighted by Gasteiger charge is -2.00. The molecule has 0 amide bonds. The van der Waals surface area contributed by atoms with E-state index >= 15 is 0 Å². The van der Waals surface area contributed by atoms with Crippen LogP contribution in [0.5, 0.6) is 0 Å². The smallest absolute Gasteiger partial charge is 0.258 e. The van der Waals surface area contributed by atoms with Crippen LogP contribution in [0.1, 0.15) is 0 Å². The van der Waals surface area contributed by atoms with Gasteiger partial charge in [0.25, 0.3) is 11.4 Å². The molecule has 2 rings (SSSR count). The monoisotopic (exact) mass is 222 g/mol. The molecule has 0 bridgehead atoms. The number of nitrogens with zero attached hydrogens (tertiary/aromatic N) is 4. The van der Waals surface area contributed by atoms with Crippen LogP contribution >= 0.6 is 0 Å². The highest BCUT2D eigenvalue weighted by atomic mass is 16.6. The molecule has 0 atom stereocenters. The molecule has 0 aliphatic carbocycles.